The van der Waals surface area contributed by atoms with Crippen LogP contribution in [0.5, 0.6) is 0 Å². The Balaban J connectivity index is 1.69. The molecular formula is C19H17ClN2O2. The van der Waals surface area contributed by atoms with Gasteiger partial charge in [0.15, 0.2) is 0 Å². The Labute approximate surface area is 145 Å². The average molecular weight is 341 g/mol. The first kappa shape index (κ1) is 15.2. The van der Waals surface area contributed by atoms with Crippen molar-refractivity contribution in [1.82, 2.24) is 0 Å². The predicted octanol–water partition coefficient (Wildman–Crippen LogP) is 3.42. The predicted molar refractivity (Wildman–Crippen MR) is 94.5 cm³/mol. The first-order chi connectivity index (χ1) is 11.7. The summed E-state index contributed by atoms with van der Waals surface area (Å²) in [5, 5.41) is 0.416. The second-order valence-electron chi connectivity index (χ2n) is 6.16. The van der Waals surface area contributed by atoms with Crippen LogP contribution in [-0.2, 0) is 16.0 Å². The number of rotatable bonds is 2. The molecule has 0 unspecified atom stereocenters. The van der Waals surface area contributed by atoms with Crippen molar-refractivity contribution < 1.29 is 9.59 Å². The van der Waals surface area contributed by atoms with Gasteiger partial charge < -0.3 is 4.90 Å². The molecule has 0 radical (unpaired) electrons. The number of benzene rings is 2. The summed E-state index contributed by atoms with van der Waals surface area (Å²) < 4.78 is 0. The lowest BCUT2D eigenvalue weighted by Gasteiger charge is -2.34. The molecule has 0 spiro atoms. The van der Waals surface area contributed by atoms with E-state index in [4.69, 9.17) is 11.6 Å². The van der Waals surface area contributed by atoms with Crippen LogP contribution in [0.3, 0.4) is 0 Å². The number of amides is 2. The molecule has 122 valence electrons. The molecule has 0 N–H and O–H groups in total. The largest absolute Gasteiger partial charge is 0.359 e. The van der Waals surface area contributed by atoms with E-state index in [0.717, 1.165) is 25.1 Å². The summed E-state index contributed by atoms with van der Waals surface area (Å²) in [6, 6.07) is 14.6. The number of hydrogen-bond acceptors (Lipinski definition) is 3. The Morgan fingerprint density at radius 1 is 0.958 bits per heavy atom. The van der Waals surface area contributed by atoms with Gasteiger partial charge in [0.05, 0.1) is 17.1 Å². The monoisotopic (exact) mass is 340 g/mol. The SMILES string of the molecule is O=C1C[C@@H](N2CCCc3ccccc32)C(=O)N1c1ccccc1Cl. The fraction of sp³-hybridized carbons (Fsp3) is 0.263. The lowest BCUT2D eigenvalue weighted by Crippen LogP contribution is -2.44. The minimum absolute atomic E-state index is 0.190. The number of anilines is 2. The highest BCUT2D eigenvalue weighted by atomic mass is 35.5. The standard InChI is InChI=1S/C19H17ClN2O2/c20-14-8-2-4-10-16(14)22-18(23)12-17(19(22)24)21-11-5-7-13-6-1-3-9-15(13)21/h1-4,6,8-10,17H,5,7,11-12H2/t17-/m1/s1. The van der Waals surface area contributed by atoms with E-state index in [0.29, 0.717) is 10.7 Å². The van der Waals surface area contributed by atoms with Crippen LogP contribution in [0.4, 0.5) is 11.4 Å². The number of halogens is 1. The van der Waals surface area contributed by atoms with Gasteiger partial charge >= 0.3 is 0 Å². The third-order valence-corrected chi connectivity index (χ3v) is 5.06. The molecule has 2 aliphatic heterocycles. The van der Waals surface area contributed by atoms with Crippen LogP contribution in [0.15, 0.2) is 48.5 Å². The lowest BCUT2D eigenvalue weighted by molar-refractivity contribution is -0.121. The van der Waals surface area contributed by atoms with Crippen LogP contribution in [0.2, 0.25) is 5.02 Å². The van der Waals surface area contributed by atoms with Crippen LogP contribution in [0.1, 0.15) is 18.4 Å². The quantitative estimate of drug-likeness (QED) is 0.786. The average Bonchev–Trinajstić information content (AvgIpc) is 2.89. The number of para-hydroxylation sites is 2. The van der Waals surface area contributed by atoms with Crippen LogP contribution in [0.25, 0.3) is 0 Å². The van der Waals surface area contributed by atoms with E-state index in [2.05, 4.69) is 11.0 Å². The van der Waals surface area contributed by atoms with Gasteiger partial charge in [-0.15, -0.1) is 0 Å². The first-order valence-electron chi connectivity index (χ1n) is 8.12. The highest BCUT2D eigenvalue weighted by Gasteiger charge is 2.44. The van der Waals surface area contributed by atoms with Crippen molar-refractivity contribution in [3.8, 4) is 0 Å². The molecule has 24 heavy (non-hydrogen) atoms. The zero-order valence-electron chi connectivity index (χ0n) is 13.1. The number of aryl methyl sites for hydroxylation is 1. The number of imide groups is 1. The van der Waals surface area contributed by atoms with Gasteiger partial charge in [-0.2, -0.15) is 0 Å². The number of carbonyl (C=O) groups excluding carboxylic acids is 2. The smallest absolute Gasteiger partial charge is 0.257 e. The maximum atomic E-state index is 13.0. The van der Waals surface area contributed by atoms with Gasteiger partial charge in [-0.05, 0) is 36.6 Å². The van der Waals surface area contributed by atoms with Crippen molar-refractivity contribution in [1.29, 1.82) is 0 Å². The fourth-order valence-corrected chi connectivity index (χ4v) is 3.85. The van der Waals surface area contributed by atoms with Crippen molar-refractivity contribution in [3.05, 3.63) is 59.1 Å². The first-order valence-corrected chi connectivity index (χ1v) is 8.50. The van der Waals surface area contributed by atoms with Crippen molar-refractivity contribution in [2.75, 3.05) is 16.3 Å². The maximum Gasteiger partial charge on any atom is 0.257 e. The van der Waals surface area contributed by atoms with Crippen molar-refractivity contribution >= 4 is 34.8 Å². The number of hydrogen-bond donors (Lipinski definition) is 0. The molecule has 4 rings (SSSR count). The van der Waals surface area contributed by atoms with Gasteiger partial charge in [-0.1, -0.05) is 41.9 Å². The molecule has 2 aliphatic rings. The van der Waals surface area contributed by atoms with Crippen molar-refractivity contribution in [2.45, 2.75) is 25.3 Å². The topological polar surface area (TPSA) is 40.6 Å². The van der Waals surface area contributed by atoms with Gasteiger partial charge in [0, 0.05) is 12.2 Å². The second-order valence-corrected chi connectivity index (χ2v) is 6.57. The van der Waals surface area contributed by atoms with Crippen molar-refractivity contribution in [3.63, 3.8) is 0 Å². The van der Waals surface area contributed by atoms with E-state index in [1.165, 1.54) is 10.5 Å². The molecule has 2 amide bonds. The molecule has 1 saturated heterocycles. The molecular weight excluding hydrogens is 324 g/mol. The van der Waals surface area contributed by atoms with Crippen molar-refractivity contribution in [2.24, 2.45) is 0 Å². The van der Waals surface area contributed by atoms with Gasteiger partial charge in [0.2, 0.25) is 5.91 Å². The summed E-state index contributed by atoms with van der Waals surface area (Å²) in [6.07, 6.45) is 2.19. The van der Waals surface area contributed by atoms with E-state index in [1.807, 2.05) is 18.2 Å². The van der Waals surface area contributed by atoms with E-state index < -0.39 is 6.04 Å². The Hall–Kier alpha value is -2.33. The second kappa shape index (κ2) is 5.95. The third-order valence-electron chi connectivity index (χ3n) is 4.74. The molecule has 2 aromatic rings. The van der Waals surface area contributed by atoms with E-state index in [9.17, 15) is 9.59 Å². The Kier molecular flexibility index (Phi) is 3.77. The summed E-state index contributed by atoms with van der Waals surface area (Å²) in [6.45, 7) is 0.789. The van der Waals surface area contributed by atoms with Gasteiger partial charge in [0.1, 0.15) is 6.04 Å². The number of fused-ring (bicyclic) bond motifs is 1. The minimum Gasteiger partial charge on any atom is -0.359 e. The molecule has 1 atom stereocenters. The zero-order valence-corrected chi connectivity index (χ0v) is 13.9. The molecule has 1 fully saturated rings. The highest BCUT2D eigenvalue weighted by molar-refractivity contribution is 6.36. The molecule has 0 aliphatic carbocycles. The van der Waals surface area contributed by atoms with Gasteiger partial charge in [0.25, 0.3) is 5.91 Å². The van der Waals surface area contributed by atoms with Crippen LogP contribution in [-0.4, -0.2) is 24.4 Å². The molecule has 4 nitrogen and oxygen atoms in total. The Morgan fingerprint density at radius 3 is 2.46 bits per heavy atom. The number of carbonyl (C=O) groups is 2. The van der Waals surface area contributed by atoms with E-state index >= 15 is 0 Å². The number of nitrogens with zero attached hydrogens (tertiary/aromatic N) is 2. The molecule has 0 saturated carbocycles. The van der Waals surface area contributed by atoms with Crippen LogP contribution >= 0.6 is 11.6 Å². The van der Waals surface area contributed by atoms with Crippen LogP contribution < -0.4 is 9.80 Å². The zero-order chi connectivity index (χ0) is 16.7. The van der Waals surface area contributed by atoms with Gasteiger partial charge in [-0.3, -0.25) is 9.59 Å². The molecule has 0 bridgehead atoms. The third kappa shape index (κ3) is 2.38. The van der Waals surface area contributed by atoms with Gasteiger partial charge in [-0.25, -0.2) is 4.90 Å². The fourth-order valence-electron chi connectivity index (χ4n) is 3.63. The molecule has 2 aromatic carbocycles. The summed E-state index contributed by atoms with van der Waals surface area (Å²) in [7, 11) is 0. The molecule has 2 heterocycles. The van der Waals surface area contributed by atoms with E-state index in [1.54, 1.807) is 24.3 Å². The minimum atomic E-state index is -0.449. The summed E-state index contributed by atoms with van der Waals surface area (Å²) in [5.74, 6) is -0.383. The highest BCUT2D eigenvalue weighted by Crippen LogP contribution is 2.35. The van der Waals surface area contributed by atoms with Crippen LogP contribution in [0, 0.1) is 0 Å². The maximum absolute atomic E-state index is 13.0. The lowest BCUT2D eigenvalue weighted by atomic mass is 9.99. The molecule has 0 aromatic heterocycles. The van der Waals surface area contributed by atoms with E-state index in [-0.39, 0.29) is 18.2 Å². The Morgan fingerprint density at radius 2 is 1.67 bits per heavy atom. The normalized spacial score (nSPS) is 20.5. The summed E-state index contributed by atoms with van der Waals surface area (Å²) in [4.78, 5) is 28.8. The Bertz CT molecular complexity index is 821. The summed E-state index contributed by atoms with van der Waals surface area (Å²) in [5.41, 5.74) is 2.78. The molecule has 5 heteroatoms. The summed E-state index contributed by atoms with van der Waals surface area (Å²) >= 11 is 6.19.